The van der Waals surface area contributed by atoms with Crippen molar-refractivity contribution in [3.05, 3.63) is 74.5 Å². The minimum absolute atomic E-state index is 0.00837. The van der Waals surface area contributed by atoms with Crippen molar-refractivity contribution in [1.82, 2.24) is 9.55 Å². The van der Waals surface area contributed by atoms with Crippen LogP contribution >= 0.6 is 22.7 Å². The number of aldehydes is 1. The monoisotopic (exact) mass is 608 g/mol. The summed E-state index contributed by atoms with van der Waals surface area (Å²) in [6.45, 7) is 9.00. The second kappa shape index (κ2) is 12.2. The molecule has 0 N–H and O–H groups in total. The molecule has 0 spiro atoms. The van der Waals surface area contributed by atoms with Gasteiger partial charge in [-0.2, -0.15) is 4.99 Å². The standard InChI is InChI=1S/C29H32N4O5S2Si/c1-37-27(36)25-24(17-34)40-28(30-25)32-13-12-19-8-7-9-20(21(19)16-32)26(35)31-29-33(18-38-14-15-41(2,3)4)22-10-5-6-11-23(22)39-29/h5-11,17H,12-16,18H2,1-4H3. The predicted octanol–water partition coefficient (Wildman–Crippen LogP) is 5.37. The molecule has 9 nitrogen and oxygen atoms in total. The number of para-hydroxylation sites is 1. The molecule has 1 aliphatic rings. The molecule has 0 aliphatic carbocycles. The maximum atomic E-state index is 13.7. The van der Waals surface area contributed by atoms with Gasteiger partial charge in [0.1, 0.15) is 11.6 Å². The molecule has 3 heterocycles. The van der Waals surface area contributed by atoms with Gasteiger partial charge in [0.15, 0.2) is 21.9 Å². The number of benzene rings is 2. The highest BCUT2D eigenvalue weighted by atomic mass is 32.1. The third-order valence-electron chi connectivity index (χ3n) is 6.90. The molecule has 0 saturated carbocycles. The number of carbonyl (C=O) groups is 3. The van der Waals surface area contributed by atoms with Crippen molar-refractivity contribution in [1.29, 1.82) is 0 Å². The van der Waals surface area contributed by atoms with E-state index >= 15 is 0 Å². The van der Waals surface area contributed by atoms with Gasteiger partial charge in [0.2, 0.25) is 0 Å². The van der Waals surface area contributed by atoms with E-state index in [1.165, 1.54) is 18.4 Å². The fourth-order valence-corrected chi connectivity index (χ4v) is 7.30. The van der Waals surface area contributed by atoms with Crippen molar-refractivity contribution >= 4 is 64.3 Å². The minimum Gasteiger partial charge on any atom is -0.464 e. The van der Waals surface area contributed by atoms with Gasteiger partial charge >= 0.3 is 5.97 Å². The lowest BCUT2D eigenvalue weighted by atomic mass is 9.95. The lowest BCUT2D eigenvalue weighted by molar-refractivity contribution is 0.0592. The van der Waals surface area contributed by atoms with Gasteiger partial charge in [-0.25, -0.2) is 9.78 Å². The van der Waals surface area contributed by atoms with Gasteiger partial charge in [-0.05, 0) is 41.8 Å². The number of carbonyl (C=O) groups excluding carboxylic acids is 3. The Hall–Kier alpha value is -3.45. The number of anilines is 1. The number of hydrogen-bond acceptors (Lipinski definition) is 9. The molecule has 2 aromatic heterocycles. The van der Waals surface area contributed by atoms with Crippen LogP contribution in [-0.2, 0) is 29.2 Å². The molecular formula is C29H32N4O5S2Si. The third kappa shape index (κ3) is 6.40. The molecule has 2 aromatic carbocycles. The topological polar surface area (TPSA) is 103 Å². The molecule has 41 heavy (non-hydrogen) atoms. The lowest BCUT2D eigenvalue weighted by Gasteiger charge is -2.29. The Bertz CT molecular complexity index is 1680. The number of methoxy groups -OCH3 is 1. The Morgan fingerprint density at radius 3 is 2.68 bits per heavy atom. The van der Waals surface area contributed by atoms with Crippen molar-refractivity contribution in [3.8, 4) is 0 Å². The zero-order chi connectivity index (χ0) is 29.1. The molecule has 12 heteroatoms. The second-order valence-corrected chi connectivity index (χ2v) is 18.6. The Kier molecular flexibility index (Phi) is 8.64. The molecule has 0 saturated heterocycles. The normalized spacial score (nSPS) is 13.9. The summed E-state index contributed by atoms with van der Waals surface area (Å²) in [5.41, 5.74) is 3.45. The fourth-order valence-electron chi connectivity index (χ4n) is 4.64. The molecular weight excluding hydrogens is 577 g/mol. The molecule has 0 unspecified atom stereocenters. The number of amides is 1. The van der Waals surface area contributed by atoms with Gasteiger partial charge in [-0.15, -0.1) is 0 Å². The third-order valence-corrected chi connectivity index (χ3v) is 10.7. The quantitative estimate of drug-likeness (QED) is 0.109. The van der Waals surface area contributed by atoms with Crippen LogP contribution < -0.4 is 9.70 Å². The van der Waals surface area contributed by atoms with Crippen LogP contribution in [0.15, 0.2) is 47.5 Å². The average Bonchev–Trinajstić information content (AvgIpc) is 3.55. The molecule has 0 atom stereocenters. The van der Waals surface area contributed by atoms with Crippen LogP contribution in [0.1, 0.15) is 41.6 Å². The smallest absolute Gasteiger partial charge is 0.358 e. The van der Waals surface area contributed by atoms with Gasteiger partial charge in [0, 0.05) is 33.3 Å². The molecule has 5 rings (SSSR count). The minimum atomic E-state index is -1.23. The van der Waals surface area contributed by atoms with Crippen molar-refractivity contribution in [2.75, 3.05) is 25.2 Å². The highest BCUT2D eigenvalue weighted by Crippen LogP contribution is 2.32. The molecule has 214 valence electrons. The maximum Gasteiger partial charge on any atom is 0.358 e. The SMILES string of the molecule is COC(=O)c1nc(N2CCc3cccc(C(=O)N=c4sc5ccccc5n4COCC[Si](C)(C)C)c3C2)sc1C=O. The van der Waals surface area contributed by atoms with E-state index in [0.29, 0.717) is 54.6 Å². The molecule has 4 aromatic rings. The Labute approximate surface area is 247 Å². The van der Waals surface area contributed by atoms with Crippen LogP contribution in [0.2, 0.25) is 25.7 Å². The first-order valence-corrected chi connectivity index (χ1v) is 18.7. The summed E-state index contributed by atoms with van der Waals surface area (Å²) < 4.78 is 13.8. The van der Waals surface area contributed by atoms with Crippen molar-refractivity contribution < 1.29 is 23.9 Å². The van der Waals surface area contributed by atoms with Crippen molar-refractivity contribution in [2.45, 2.75) is 45.4 Å². The number of fused-ring (bicyclic) bond motifs is 2. The molecule has 0 fully saturated rings. The van der Waals surface area contributed by atoms with E-state index in [0.717, 1.165) is 38.7 Å². The van der Waals surface area contributed by atoms with Gasteiger partial charge < -0.3 is 14.4 Å². The van der Waals surface area contributed by atoms with Crippen LogP contribution in [0.5, 0.6) is 0 Å². The van der Waals surface area contributed by atoms with E-state index in [1.807, 2.05) is 45.9 Å². The summed E-state index contributed by atoms with van der Waals surface area (Å²) >= 11 is 2.61. The first kappa shape index (κ1) is 29.1. The van der Waals surface area contributed by atoms with Crippen LogP contribution in [0.3, 0.4) is 0 Å². The molecule has 0 radical (unpaired) electrons. The van der Waals surface area contributed by atoms with Gasteiger partial charge in [0.05, 0.1) is 17.3 Å². The van der Waals surface area contributed by atoms with E-state index in [4.69, 9.17) is 9.47 Å². The summed E-state index contributed by atoms with van der Waals surface area (Å²) in [6, 6.07) is 14.8. The van der Waals surface area contributed by atoms with Crippen molar-refractivity contribution in [2.24, 2.45) is 4.99 Å². The molecule has 1 aliphatic heterocycles. The number of ether oxygens (including phenoxy) is 2. The van der Waals surface area contributed by atoms with Crippen LogP contribution in [-0.4, -0.2) is 56.0 Å². The first-order valence-electron chi connectivity index (χ1n) is 13.3. The summed E-state index contributed by atoms with van der Waals surface area (Å²) in [6.07, 6.45) is 1.31. The average molecular weight is 609 g/mol. The fraction of sp³-hybridized carbons (Fsp3) is 0.345. The summed E-state index contributed by atoms with van der Waals surface area (Å²) in [5.74, 6) is -0.975. The van der Waals surface area contributed by atoms with E-state index in [2.05, 4.69) is 29.6 Å². The van der Waals surface area contributed by atoms with E-state index in [-0.39, 0.29) is 16.5 Å². The zero-order valence-electron chi connectivity index (χ0n) is 23.5. The van der Waals surface area contributed by atoms with Crippen LogP contribution in [0, 0.1) is 0 Å². The van der Waals surface area contributed by atoms with E-state index in [1.54, 1.807) is 6.07 Å². The number of aromatic nitrogens is 2. The molecule has 0 bridgehead atoms. The van der Waals surface area contributed by atoms with Crippen LogP contribution in [0.25, 0.3) is 10.2 Å². The first-order chi connectivity index (χ1) is 19.7. The Morgan fingerprint density at radius 1 is 1.12 bits per heavy atom. The number of hydrogen-bond donors (Lipinski definition) is 0. The summed E-state index contributed by atoms with van der Waals surface area (Å²) in [4.78, 5) is 49.1. The maximum absolute atomic E-state index is 13.7. The van der Waals surface area contributed by atoms with Gasteiger partial charge in [-0.1, -0.05) is 66.6 Å². The summed E-state index contributed by atoms with van der Waals surface area (Å²) in [7, 11) is 0.0281. The number of esters is 1. The second-order valence-electron chi connectivity index (χ2n) is 11.0. The lowest BCUT2D eigenvalue weighted by Crippen LogP contribution is -2.31. The number of thiazole rings is 2. The predicted molar refractivity (Wildman–Crippen MR) is 164 cm³/mol. The van der Waals surface area contributed by atoms with Gasteiger partial charge in [0.25, 0.3) is 5.91 Å². The van der Waals surface area contributed by atoms with E-state index in [9.17, 15) is 14.4 Å². The molecule has 1 amide bonds. The number of nitrogens with zero attached hydrogens (tertiary/aromatic N) is 4. The number of rotatable bonds is 9. The largest absolute Gasteiger partial charge is 0.464 e. The van der Waals surface area contributed by atoms with Gasteiger partial charge in [-0.3, -0.25) is 14.2 Å². The Balaban J connectivity index is 1.45. The zero-order valence-corrected chi connectivity index (χ0v) is 26.1. The van der Waals surface area contributed by atoms with Crippen molar-refractivity contribution in [3.63, 3.8) is 0 Å². The highest BCUT2D eigenvalue weighted by molar-refractivity contribution is 7.17. The van der Waals surface area contributed by atoms with Crippen LogP contribution in [0.4, 0.5) is 5.13 Å². The summed E-state index contributed by atoms with van der Waals surface area (Å²) in [5, 5.41) is 0.537. The Morgan fingerprint density at radius 2 is 1.93 bits per heavy atom. The van der Waals surface area contributed by atoms with E-state index < -0.39 is 14.0 Å². The highest BCUT2D eigenvalue weighted by Gasteiger charge is 2.27.